The largest absolute Gasteiger partial charge is 0.291 e. The SMILES string of the molecule is O=C1c2ccccc2-c2c([N+](=O)[O-])c(Br)cc3cccc1c23. The van der Waals surface area contributed by atoms with E-state index in [0.29, 0.717) is 32.1 Å². The van der Waals surface area contributed by atoms with Crippen LogP contribution in [-0.2, 0) is 0 Å². The zero-order chi connectivity index (χ0) is 15.4. The van der Waals surface area contributed by atoms with Gasteiger partial charge in [-0.2, -0.15) is 0 Å². The summed E-state index contributed by atoms with van der Waals surface area (Å²) in [5.41, 5.74) is 2.15. The molecule has 5 heteroatoms. The molecule has 0 saturated heterocycles. The van der Waals surface area contributed by atoms with E-state index in [1.54, 1.807) is 42.5 Å². The van der Waals surface area contributed by atoms with Gasteiger partial charge in [0.1, 0.15) is 0 Å². The van der Waals surface area contributed by atoms with Crippen molar-refractivity contribution in [2.75, 3.05) is 0 Å². The Morgan fingerprint density at radius 2 is 1.64 bits per heavy atom. The maximum absolute atomic E-state index is 12.7. The minimum Gasteiger partial charge on any atom is -0.289 e. The molecule has 0 atom stereocenters. The maximum atomic E-state index is 12.7. The number of rotatable bonds is 1. The Bertz CT molecular complexity index is 995. The average molecular weight is 354 g/mol. The lowest BCUT2D eigenvalue weighted by Crippen LogP contribution is -2.11. The number of nitro groups is 1. The van der Waals surface area contributed by atoms with Crippen LogP contribution in [0.4, 0.5) is 5.69 Å². The van der Waals surface area contributed by atoms with Crippen molar-refractivity contribution < 1.29 is 9.72 Å². The lowest BCUT2D eigenvalue weighted by Gasteiger charge is -2.20. The molecule has 106 valence electrons. The number of hydrogen-bond acceptors (Lipinski definition) is 3. The first-order valence-corrected chi connectivity index (χ1v) is 7.42. The van der Waals surface area contributed by atoms with Gasteiger partial charge in [0.2, 0.25) is 0 Å². The van der Waals surface area contributed by atoms with Crippen molar-refractivity contribution in [3.8, 4) is 11.1 Å². The summed E-state index contributed by atoms with van der Waals surface area (Å²) in [5, 5.41) is 13.0. The monoisotopic (exact) mass is 353 g/mol. The van der Waals surface area contributed by atoms with Crippen LogP contribution in [0.1, 0.15) is 15.9 Å². The lowest BCUT2D eigenvalue weighted by atomic mass is 9.82. The zero-order valence-electron chi connectivity index (χ0n) is 11.2. The normalized spacial score (nSPS) is 12.3. The summed E-state index contributed by atoms with van der Waals surface area (Å²) in [6, 6.07) is 14.1. The number of fused-ring (bicyclic) bond motifs is 2. The molecule has 0 heterocycles. The second kappa shape index (κ2) is 4.48. The number of benzene rings is 3. The number of halogens is 1. The van der Waals surface area contributed by atoms with E-state index in [2.05, 4.69) is 15.9 Å². The second-order valence-corrected chi connectivity index (χ2v) is 5.97. The second-order valence-electron chi connectivity index (χ2n) is 5.12. The van der Waals surface area contributed by atoms with E-state index in [-0.39, 0.29) is 11.5 Å². The highest BCUT2D eigenvalue weighted by molar-refractivity contribution is 9.10. The Hall–Kier alpha value is -2.53. The van der Waals surface area contributed by atoms with Crippen LogP contribution in [0, 0.1) is 10.1 Å². The van der Waals surface area contributed by atoms with Crippen molar-refractivity contribution >= 4 is 38.2 Å². The minimum absolute atomic E-state index is 0.0000926. The molecule has 4 nitrogen and oxygen atoms in total. The maximum Gasteiger partial charge on any atom is 0.291 e. The van der Waals surface area contributed by atoms with Crippen LogP contribution < -0.4 is 0 Å². The number of hydrogen-bond donors (Lipinski definition) is 0. The van der Waals surface area contributed by atoms with Gasteiger partial charge in [-0.25, -0.2) is 0 Å². The molecule has 0 amide bonds. The van der Waals surface area contributed by atoms with Crippen LogP contribution in [-0.4, -0.2) is 10.7 Å². The molecule has 0 aromatic heterocycles. The average Bonchev–Trinajstić information content (AvgIpc) is 2.51. The fraction of sp³-hybridized carbons (Fsp3) is 0. The van der Waals surface area contributed by atoms with E-state index in [0.717, 1.165) is 5.39 Å². The van der Waals surface area contributed by atoms with Crippen LogP contribution >= 0.6 is 15.9 Å². The Morgan fingerprint density at radius 1 is 0.955 bits per heavy atom. The van der Waals surface area contributed by atoms with E-state index in [1.165, 1.54) is 0 Å². The molecule has 0 saturated carbocycles. The van der Waals surface area contributed by atoms with E-state index < -0.39 is 4.92 Å². The lowest BCUT2D eigenvalue weighted by molar-refractivity contribution is -0.384. The predicted molar refractivity (Wildman–Crippen MR) is 87.2 cm³/mol. The standard InChI is InChI=1S/C17H8BrNO3/c18-13-8-9-4-3-7-12-14(9)15(16(13)19(21)22)10-5-1-2-6-11(10)17(12)20/h1-8H. The zero-order valence-corrected chi connectivity index (χ0v) is 12.8. The first-order valence-electron chi connectivity index (χ1n) is 6.63. The summed E-state index contributed by atoms with van der Waals surface area (Å²) in [6.45, 7) is 0. The van der Waals surface area contributed by atoms with Crippen molar-refractivity contribution in [2.45, 2.75) is 0 Å². The van der Waals surface area contributed by atoms with Crippen molar-refractivity contribution in [3.63, 3.8) is 0 Å². The van der Waals surface area contributed by atoms with Crippen molar-refractivity contribution in [1.29, 1.82) is 0 Å². The quantitative estimate of drug-likeness (QED) is 0.367. The predicted octanol–water partition coefficient (Wildman–Crippen LogP) is 4.72. The molecule has 0 unspecified atom stereocenters. The molecule has 0 bridgehead atoms. The molecule has 4 rings (SSSR count). The van der Waals surface area contributed by atoms with Gasteiger partial charge in [-0.3, -0.25) is 14.9 Å². The topological polar surface area (TPSA) is 60.2 Å². The fourth-order valence-corrected chi connectivity index (χ4v) is 3.68. The highest BCUT2D eigenvalue weighted by Crippen LogP contribution is 2.47. The third-order valence-corrected chi connectivity index (χ3v) is 4.56. The number of carbonyl (C=O) groups excluding carboxylic acids is 1. The molecule has 3 aromatic rings. The number of ketones is 1. The van der Waals surface area contributed by atoms with Gasteiger partial charge in [0.15, 0.2) is 5.78 Å². The molecule has 0 radical (unpaired) electrons. The fourth-order valence-electron chi connectivity index (χ4n) is 3.09. The van der Waals surface area contributed by atoms with Gasteiger partial charge in [-0.1, -0.05) is 42.5 Å². The van der Waals surface area contributed by atoms with Crippen molar-refractivity contribution in [3.05, 3.63) is 74.2 Å². The number of nitro benzene ring substituents is 1. The van der Waals surface area contributed by atoms with Crippen LogP contribution in [0.25, 0.3) is 21.9 Å². The van der Waals surface area contributed by atoms with Crippen molar-refractivity contribution in [2.24, 2.45) is 0 Å². The number of nitrogens with zero attached hydrogens (tertiary/aromatic N) is 1. The van der Waals surface area contributed by atoms with Gasteiger partial charge < -0.3 is 0 Å². The van der Waals surface area contributed by atoms with E-state index in [4.69, 9.17) is 0 Å². The van der Waals surface area contributed by atoms with Gasteiger partial charge in [-0.05, 0) is 27.4 Å². The van der Waals surface area contributed by atoms with E-state index in [9.17, 15) is 14.9 Å². The summed E-state index contributed by atoms with van der Waals surface area (Å²) in [7, 11) is 0. The molecule has 0 spiro atoms. The molecular formula is C17H8BrNO3. The van der Waals surface area contributed by atoms with Gasteiger partial charge >= 0.3 is 0 Å². The summed E-state index contributed by atoms with van der Waals surface area (Å²) >= 11 is 3.30. The Labute approximate surface area is 133 Å². The first kappa shape index (κ1) is 13.2. The van der Waals surface area contributed by atoms with Crippen LogP contribution in [0.3, 0.4) is 0 Å². The van der Waals surface area contributed by atoms with E-state index >= 15 is 0 Å². The Balaban J connectivity index is 2.33. The van der Waals surface area contributed by atoms with E-state index in [1.807, 2.05) is 6.07 Å². The van der Waals surface area contributed by atoms with Crippen LogP contribution in [0.2, 0.25) is 0 Å². The smallest absolute Gasteiger partial charge is 0.289 e. The molecule has 0 fully saturated rings. The Kier molecular flexibility index (Phi) is 2.68. The third kappa shape index (κ3) is 1.60. The van der Waals surface area contributed by atoms with Gasteiger partial charge in [-0.15, -0.1) is 0 Å². The molecular weight excluding hydrogens is 346 g/mol. The summed E-state index contributed by atoms with van der Waals surface area (Å²) < 4.78 is 0.418. The molecule has 22 heavy (non-hydrogen) atoms. The minimum atomic E-state index is -0.401. The summed E-state index contributed by atoms with van der Waals surface area (Å²) in [5.74, 6) is -0.0923. The van der Waals surface area contributed by atoms with Crippen LogP contribution in [0.15, 0.2) is 53.0 Å². The summed E-state index contributed by atoms with van der Waals surface area (Å²) in [4.78, 5) is 23.8. The molecule has 1 aliphatic rings. The molecule has 3 aromatic carbocycles. The van der Waals surface area contributed by atoms with Crippen molar-refractivity contribution in [1.82, 2.24) is 0 Å². The molecule has 0 aliphatic heterocycles. The Morgan fingerprint density at radius 3 is 2.36 bits per heavy atom. The molecule has 0 N–H and O–H groups in total. The first-order chi connectivity index (χ1) is 10.6. The third-order valence-electron chi connectivity index (χ3n) is 3.96. The van der Waals surface area contributed by atoms with Gasteiger partial charge in [0.25, 0.3) is 5.69 Å². The van der Waals surface area contributed by atoms with Gasteiger partial charge in [0.05, 0.1) is 15.0 Å². The summed E-state index contributed by atoms with van der Waals surface area (Å²) in [6.07, 6.45) is 0. The number of carbonyl (C=O) groups is 1. The molecule has 1 aliphatic carbocycles. The van der Waals surface area contributed by atoms with Gasteiger partial charge in [0, 0.05) is 22.1 Å². The van der Waals surface area contributed by atoms with Crippen LogP contribution in [0.5, 0.6) is 0 Å². The highest BCUT2D eigenvalue weighted by atomic mass is 79.9. The highest BCUT2D eigenvalue weighted by Gasteiger charge is 2.32.